The van der Waals surface area contributed by atoms with E-state index in [-0.39, 0.29) is 0 Å². The van der Waals surface area contributed by atoms with E-state index in [1.54, 1.807) is 0 Å². The SMILES string of the molecule is CCCN(CCN(C)C)c1cnccc1CNC. The monoisotopic (exact) mass is 250 g/mol. The number of pyridine rings is 1. The van der Waals surface area contributed by atoms with Gasteiger partial charge in [0, 0.05) is 32.4 Å². The van der Waals surface area contributed by atoms with Crippen LogP contribution in [0.4, 0.5) is 5.69 Å². The van der Waals surface area contributed by atoms with Gasteiger partial charge in [-0.2, -0.15) is 0 Å². The van der Waals surface area contributed by atoms with Gasteiger partial charge in [0.25, 0.3) is 0 Å². The molecule has 1 rings (SSSR count). The van der Waals surface area contributed by atoms with Crippen molar-refractivity contribution in [1.82, 2.24) is 15.2 Å². The second kappa shape index (κ2) is 8.06. The third-order valence-corrected chi connectivity index (χ3v) is 2.91. The lowest BCUT2D eigenvalue weighted by atomic mass is 10.2. The summed E-state index contributed by atoms with van der Waals surface area (Å²) in [4.78, 5) is 8.92. The number of hydrogen-bond donors (Lipinski definition) is 1. The third kappa shape index (κ3) is 4.63. The summed E-state index contributed by atoms with van der Waals surface area (Å²) in [5, 5.41) is 3.22. The van der Waals surface area contributed by atoms with Crippen molar-refractivity contribution in [2.24, 2.45) is 0 Å². The van der Waals surface area contributed by atoms with Gasteiger partial charge < -0.3 is 15.1 Å². The van der Waals surface area contributed by atoms with Crippen LogP contribution < -0.4 is 10.2 Å². The molecule has 4 heteroatoms. The fourth-order valence-corrected chi connectivity index (χ4v) is 1.98. The van der Waals surface area contributed by atoms with E-state index in [0.717, 1.165) is 32.6 Å². The highest BCUT2D eigenvalue weighted by molar-refractivity contribution is 5.51. The maximum absolute atomic E-state index is 4.27. The fourth-order valence-electron chi connectivity index (χ4n) is 1.98. The second-order valence-electron chi connectivity index (χ2n) is 4.83. The predicted octanol–water partition coefficient (Wildman–Crippen LogP) is 1.58. The average Bonchev–Trinajstić information content (AvgIpc) is 2.35. The second-order valence-corrected chi connectivity index (χ2v) is 4.83. The van der Waals surface area contributed by atoms with Crippen LogP contribution in [0.3, 0.4) is 0 Å². The number of likely N-dealkylation sites (N-methyl/N-ethyl adjacent to an activating group) is 1. The Hall–Kier alpha value is -1.13. The van der Waals surface area contributed by atoms with E-state index in [9.17, 15) is 0 Å². The van der Waals surface area contributed by atoms with E-state index in [1.807, 2.05) is 19.4 Å². The fraction of sp³-hybridized carbons (Fsp3) is 0.643. The molecule has 0 spiro atoms. The van der Waals surface area contributed by atoms with Crippen LogP contribution in [-0.4, -0.2) is 50.7 Å². The van der Waals surface area contributed by atoms with Crippen LogP contribution in [0, 0.1) is 0 Å². The quantitative estimate of drug-likeness (QED) is 0.759. The average molecular weight is 250 g/mol. The molecule has 0 aliphatic rings. The van der Waals surface area contributed by atoms with Gasteiger partial charge in [0.15, 0.2) is 0 Å². The van der Waals surface area contributed by atoms with Crippen molar-refractivity contribution in [1.29, 1.82) is 0 Å². The van der Waals surface area contributed by atoms with Crippen molar-refractivity contribution >= 4 is 5.69 Å². The highest BCUT2D eigenvalue weighted by Gasteiger charge is 2.10. The van der Waals surface area contributed by atoms with Crippen LogP contribution >= 0.6 is 0 Å². The summed E-state index contributed by atoms with van der Waals surface area (Å²) in [6, 6.07) is 2.10. The molecule has 4 nitrogen and oxygen atoms in total. The molecular weight excluding hydrogens is 224 g/mol. The molecule has 102 valence electrons. The molecular formula is C14H26N4. The zero-order valence-corrected chi connectivity index (χ0v) is 12.1. The smallest absolute Gasteiger partial charge is 0.0598 e. The molecule has 0 radical (unpaired) electrons. The lowest BCUT2D eigenvalue weighted by Gasteiger charge is -2.27. The molecule has 1 aromatic heterocycles. The number of rotatable bonds is 8. The molecule has 0 atom stereocenters. The van der Waals surface area contributed by atoms with Gasteiger partial charge in [-0.05, 0) is 39.2 Å². The zero-order valence-electron chi connectivity index (χ0n) is 12.1. The van der Waals surface area contributed by atoms with Crippen molar-refractivity contribution in [2.75, 3.05) is 45.7 Å². The van der Waals surface area contributed by atoms with E-state index in [4.69, 9.17) is 0 Å². The largest absolute Gasteiger partial charge is 0.369 e. The van der Waals surface area contributed by atoms with Gasteiger partial charge in [0.05, 0.1) is 11.9 Å². The number of aromatic nitrogens is 1. The lowest BCUT2D eigenvalue weighted by Crippen LogP contribution is -2.33. The normalized spacial score (nSPS) is 10.9. The van der Waals surface area contributed by atoms with Crippen molar-refractivity contribution in [3.8, 4) is 0 Å². The Bertz CT molecular complexity index is 338. The van der Waals surface area contributed by atoms with Crippen LogP contribution in [0.2, 0.25) is 0 Å². The van der Waals surface area contributed by atoms with Crippen LogP contribution in [-0.2, 0) is 6.54 Å². The molecule has 0 aliphatic carbocycles. The molecule has 0 saturated carbocycles. The van der Waals surface area contributed by atoms with Gasteiger partial charge in [0.1, 0.15) is 0 Å². The summed E-state index contributed by atoms with van der Waals surface area (Å²) in [6.07, 6.45) is 5.01. The topological polar surface area (TPSA) is 31.4 Å². The van der Waals surface area contributed by atoms with E-state index in [2.05, 4.69) is 47.2 Å². The van der Waals surface area contributed by atoms with Crippen LogP contribution in [0.5, 0.6) is 0 Å². The van der Waals surface area contributed by atoms with Crippen molar-refractivity contribution in [2.45, 2.75) is 19.9 Å². The summed E-state index contributed by atoms with van der Waals surface area (Å²) in [6.45, 7) is 6.30. The minimum atomic E-state index is 0.889. The Morgan fingerprint density at radius 2 is 2.00 bits per heavy atom. The number of anilines is 1. The lowest BCUT2D eigenvalue weighted by molar-refractivity contribution is 0.412. The summed E-state index contributed by atoms with van der Waals surface area (Å²) in [5.74, 6) is 0. The van der Waals surface area contributed by atoms with E-state index in [1.165, 1.54) is 11.3 Å². The first kappa shape index (κ1) is 14.9. The van der Waals surface area contributed by atoms with E-state index >= 15 is 0 Å². The molecule has 0 amide bonds. The van der Waals surface area contributed by atoms with Gasteiger partial charge >= 0.3 is 0 Å². The number of nitrogens with zero attached hydrogens (tertiary/aromatic N) is 3. The first-order chi connectivity index (χ1) is 8.69. The molecule has 18 heavy (non-hydrogen) atoms. The Balaban J connectivity index is 2.82. The highest BCUT2D eigenvalue weighted by atomic mass is 15.2. The minimum Gasteiger partial charge on any atom is -0.369 e. The highest BCUT2D eigenvalue weighted by Crippen LogP contribution is 2.19. The number of nitrogens with one attached hydrogen (secondary N) is 1. The maximum Gasteiger partial charge on any atom is 0.0598 e. The third-order valence-electron chi connectivity index (χ3n) is 2.91. The Kier molecular flexibility index (Phi) is 6.68. The molecule has 1 N–H and O–H groups in total. The molecule has 0 aromatic carbocycles. The predicted molar refractivity (Wildman–Crippen MR) is 78.1 cm³/mol. The van der Waals surface area contributed by atoms with Crippen molar-refractivity contribution in [3.05, 3.63) is 24.0 Å². The Morgan fingerprint density at radius 1 is 1.22 bits per heavy atom. The molecule has 1 heterocycles. The molecule has 0 fully saturated rings. The Morgan fingerprint density at radius 3 is 2.61 bits per heavy atom. The molecule has 0 bridgehead atoms. The van der Waals surface area contributed by atoms with Crippen molar-refractivity contribution < 1.29 is 0 Å². The Labute approximate surface area is 111 Å². The van der Waals surface area contributed by atoms with Gasteiger partial charge in [-0.25, -0.2) is 0 Å². The van der Waals surface area contributed by atoms with Crippen LogP contribution in [0.15, 0.2) is 18.5 Å². The maximum atomic E-state index is 4.27. The summed E-state index contributed by atoms with van der Waals surface area (Å²) >= 11 is 0. The molecule has 1 aromatic rings. The standard InChI is InChI=1S/C14H26N4/c1-5-8-18(10-9-17(3)4)14-12-16-7-6-13(14)11-15-2/h6-7,12,15H,5,8-11H2,1-4H3. The van der Waals surface area contributed by atoms with Gasteiger partial charge in [-0.15, -0.1) is 0 Å². The van der Waals surface area contributed by atoms with Gasteiger partial charge in [-0.3, -0.25) is 4.98 Å². The van der Waals surface area contributed by atoms with E-state index < -0.39 is 0 Å². The van der Waals surface area contributed by atoms with Crippen LogP contribution in [0.1, 0.15) is 18.9 Å². The van der Waals surface area contributed by atoms with Crippen molar-refractivity contribution in [3.63, 3.8) is 0 Å². The van der Waals surface area contributed by atoms with Gasteiger partial charge in [0.2, 0.25) is 0 Å². The van der Waals surface area contributed by atoms with E-state index in [0.29, 0.717) is 0 Å². The van der Waals surface area contributed by atoms with Gasteiger partial charge in [-0.1, -0.05) is 6.92 Å². The zero-order chi connectivity index (χ0) is 13.4. The minimum absolute atomic E-state index is 0.889. The molecule has 0 aliphatic heterocycles. The van der Waals surface area contributed by atoms with Crippen LogP contribution in [0.25, 0.3) is 0 Å². The summed E-state index contributed by atoms with van der Waals surface area (Å²) < 4.78 is 0. The first-order valence-electron chi connectivity index (χ1n) is 6.66. The number of hydrogen-bond acceptors (Lipinski definition) is 4. The summed E-state index contributed by atoms with van der Waals surface area (Å²) in [5.41, 5.74) is 2.58. The molecule has 0 saturated heterocycles. The first-order valence-corrected chi connectivity index (χ1v) is 6.66. The summed E-state index contributed by atoms with van der Waals surface area (Å²) in [7, 11) is 6.21. The molecule has 0 unspecified atom stereocenters.